The summed E-state index contributed by atoms with van der Waals surface area (Å²) in [6.07, 6.45) is 0. The Morgan fingerprint density at radius 2 is 2.14 bits per heavy atom. The summed E-state index contributed by atoms with van der Waals surface area (Å²) >= 11 is 0. The molecule has 0 bridgehead atoms. The lowest BCUT2D eigenvalue weighted by molar-refractivity contribution is -0.385. The SMILES string of the molecule is O=C(NCCN1CCNCC1)c1cc(F)ccc1[N+](=O)[O-]. The highest BCUT2D eigenvalue weighted by Gasteiger charge is 2.20. The van der Waals surface area contributed by atoms with Gasteiger partial charge in [-0.05, 0) is 12.1 Å². The van der Waals surface area contributed by atoms with Gasteiger partial charge in [0.15, 0.2) is 0 Å². The van der Waals surface area contributed by atoms with Gasteiger partial charge in [0.05, 0.1) is 4.92 Å². The fourth-order valence-electron chi connectivity index (χ4n) is 2.21. The minimum atomic E-state index is -0.690. The minimum Gasteiger partial charge on any atom is -0.351 e. The molecule has 0 spiro atoms. The molecule has 21 heavy (non-hydrogen) atoms. The summed E-state index contributed by atoms with van der Waals surface area (Å²) in [5.74, 6) is -1.30. The Bertz CT molecular complexity index is 532. The van der Waals surface area contributed by atoms with E-state index in [1.54, 1.807) is 0 Å². The maximum absolute atomic E-state index is 13.2. The molecule has 1 fully saturated rings. The van der Waals surface area contributed by atoms with E-state index in [0.717, 1.165) is 44.4 Å². The number of halogens is 1. The van der Waals surface area contributed by atoms with Gasteiger partial charge in [-0.15, -0.1) is 0 Å². The number of amides is 1. The molecule has 0 atom stereocenters. The zero-order chi connectivity index (χ0) is 15.2. The van der Waals surface area contributed by atoms with E-state index in [0.29, 0.717) is 13.1 Å². The van der Waals surface area contributed by atoms with Crippen LogP contribution in [0.15, 0.2) is 18.2 Å². The topological polar surface area (TPSA) is 87.5 Å². The van der Waals surface area contributed by atoms with Gasteiger partial charge in [0.2, 0.25) is 0 Å². The molecule has 0 unspecified atom stereocenters. The normalized spacial score (nSPS) is 15.7. The molecule has 114 valence electrons. The largest absolute Gasteiger partial charge is 0.351 e. The second-order valence-corrected chi connectivity index (χ2v) is 4.77. The molecule has 1 heterocycles. The average molecular weight is 296 g/mol. The maximum atomic E-state index is 13.2. The molecular formula is C13H17FN4O3. The quantitative estimate of drug-likeness (QED) is 0.605. The Kier molecular flexibility index (Phi) is 5.18. The van der Waals surface area contributed by atoms with E-state index >= 15 is 0 Å². The highest BCUT2D eigenvalue weighted by atomic mass is 19.1. The number of benzene rings is 1. The number of hydrogen-bond acceptors (Lipinski definition) is 5. The average Bonchev–Trinajstić information content (AvgIpc) is 2.47. The van der Waals surface area contributed by atoms with E-state index in [2.05, 4.69) is 15.5 Å². The Labute approximate surface area is 121 Å². The van der Waals surface area contributed by atoms with Crippen LogP contribution in [0.1, 0.15) is 10.4 Å². The molecule has 0 aliphatic carbocycles. The lowest BCUT2D eigenvalue weighted by Crippen LogP contribution is -2.46. The van der Waals surface area contributed by atoms with Gasteiger partial charge in [0.1, 0.15) is 11.4 Å². The first-order valence-corrected chi connectivity index (χ1v) is 6.73. The lowest BCUT2D eigenvalue weighted by atomic mass is 10.1. The van der Waals surface area contributed by atoms with E-state index in [4.69, 9.17) is 0 Å². The standard InChI is InChI=1S/C13H17FN4O3/c14-10-1-2-12(18(20)21)11(9-10)13(19)16-5-8-17-6-3-15-4-7-17/h1-2,9,15H,3-8H2,(H,16,19). The highest BCUT2D eigenvalue weighted by molar-refractivity contribution is 5.98. The number of carbonyl (C=O) groups is 1. The van der Waals surface area contributed by atoms with Gasteiger partial charge in [0, 0.05) is 45.3 Å². The van der Waals surface area contributed by atoms with Gasteiger partial charge in [-0.2, -0.15) is 0 Å². The molecule has 8 heteroatoms. The predicted molar refractivity (Wildman–Crippen MR) is 74.7 cm³/mol. The van der Waals surface area contributed by atoms with E-state index in [1.807, 2.05) is 0 Å². The van der Waals surface area contributed by atoms with Crippen molar-refractivity contribution >= 4 is 11.6 Å². The second-order valence-electron chi connectivity index (χ2n) is 4.77. The zero-order valence-corrected chi connectivity index (χ0v) is 11.5. The summed E-state index contributed by atoms with van der Waals surface area (Å²) in [6.45, 7) is 4.64. The fraction of sp³-hybridized carbons (Fsp3) is 0.462. The molecular weight excluding hydrogens is 279 g/mol. The molecule has 0 saturated carbocycles. The molecule has 1 aliphatic heterocycles. The summed E-state index contributed by atoms with van der Waals surface area (Å²) in [4.78, 5) is 24.3. The monoisotopic (exact) mass is 296 g/mol. The van der Waals surface area contributed by atoms with Crippen molar-refractivity contribution < 1.29 is 14.1 Å². The van der Waals surface area contributed by atoms with Crippen LogP contribution < -0.4 is 10.6 Å². The van der Waals surface area contributed by atoms with Crippen molar-refractivity contribution in [2.45, 2.75) is 0 Å². The third-order valence-electron chi connectivity index (χ3n) is 3.32. The summed E-state index contributed by atoms with van der Waals surface area (Å²) in [7, 11) is 0. The van der Waals surface area contributed by atoms with Crippen molar-refractivity contribution in [3.63, 3.8) is 0 Å². The van der Waals surface area contributed by atoms with Crippen molar-refractivity contribution in [2.24, 2.45) is 0 Å². The summed E-state index contributed by atoms with van der Waals surface area (Å²) in [5.41, 5.74) is -0.642. The van der Waals surface area contributed by atoms with Crippen molar-refractivity contribution in [2.75, 3.05) is 39.3 Å². The van der Waals surface area contributed by atoms with E-state index < -0.39 is 22.3 Å². The molecule has 1 amide bonds. The van der Waals surface area contributed by atoms with Crippen LogP contribution in [0.4, 0.5) is 10.1 Å². The third kappa shape index (κ3) is 4.20. The second kappa shape index (κ2) is 7.09. The molecule has 1 aromatic rings. The molecule has 7 nitrogen and oxygen atoms in total. The maximum Gasteiger partial charge on any atom is 0.282 e. The van der Waals surface area contributed by atoms with Crippen LogP contribution in [-0.2, 0) is 0 Å². The minimum absolute atomic E-state index is 0.250. The number of nitrogens with zero attached hydrogens (tertiary/aromatic N) is 2. The fourth-order valence-corrected chi connectivity index (χ4v) is 2.21. The van der Waals surface area contributed by atoms with Crippen LogP contribution in [-0.4, -0.2) is 55.0 Å². The van der Waals surface area contributed by atoms with E-state index in [9.17, 15) is 19.3 Å². The molecule has 2 N–H and O–H groups in total. The van der Waals surface area contributed by atoms with Gasteiger partial charge < -0.3 is 10.6 Å². The van der Waals surface area contributed by atoms with Gasteiger partial charge in [-0.3, -0.25) is 19.8 Å². The number of nitro groups is 1. The lowest BCUT2D eigenvalue weighted by Gasteiger charge is -2.27. The van der Waals surface area contributed by atoms with Crippen molar-refractivity contribution in [1.29, 1.82) is 0 Å². The molecule has 0 radical (unpaired) electrons. The number of hydrogen-bond donors (Lipinski definition) is 2. The van der Waals surface area contributed by atoms with Gasteiger partial charge in [-0.25, -0.2) is 4.39 Å². The highest BCUT2D eigenvalue weighted by Crippen LogP contribution is 2.19. The van der Waals surface area contributed by atoms with Crippen LogP contribution in [0.3, 0.4) is 0 Å². The molecule has 1 aromatic carbocycles. The van der Waals surface area contributed by atoms with Crippen LogP contribution in [0.25, 0.3) is 0 Å². The van der Waals surface area contributed by atoms with Crippen LogP contribution in [0, 0.1) is 15.9 Å². The van der Waals surface area contributed by atoms with Crippen molar-refractivity contribution in [3.05, 3.63) is 39.7 Å². The Morgan fingerprint density at radius 1 is 1.43 bits per heavy atom. The van der Waals surface area contributed by atoms with Gasteiger partial charge in [0.25, 0.3) is 11.6 Å². The Balaban J connectivity index is 1.93. The van der Waals surface area contributed by atoms with Crippen molar-refractivity contribution in [3.8, 4) is 0 Å². The van der Waals surface area contributed by atoms with Crippen LogP contribution >= 0.6 is 0 Å². The summed E-state index contributed by atoms with van der Waals surface area (Å²) in [5, 5.41) is 16.7. The van der Waals surface area contributed by atoms with Crippen LogP contribution in [0.5, 0.6) is 0 Å². The molecule has 0 aromatic heterocycles. The van der Waals surface area contributed by atoms with Crippen molar-refractivity contribution in [1.82, 2.24) is 15.5 Å². The first kappa shape index (κ1) is 15.3. The predicted octanol–water partition coefficient (Wildman–Crippen LogP) is 0.369. The Morgan fingerprint density at radius 3 is 2.81 bits per heavy atom. The zero-order valence-electron chi connectivity index (χ0n) is 11.5. The first-order valence-electron chi connectivity index (χ1n) is 6.73. The number of nitro benzene ring substituents is 1. The molecule has 1 aliphatic rings. The van der Waals surface area contributed by atoms with E-state index in [1.165, 1.54) is 0 Å². The Hall–Kier alpha value is -2.06. The third-order valence-corrected chi connectivity index (χ3v) is 3.32. The first-order chi connectivity index (χ1) is 10.1. The molecule has 2 rings (SSSR count). The molecule has 1 saturated heterocycles. The number of carbonyl (C=O) groups excluding carboxylic acids is 1. The number of rotatable bonds is 5. The van der Waals surface area contributed by atoms with Gasteiger partial charge in [-0.1, -0.05) is 0 Å². The van der Waals surface area contributed by atoms with Crippen LogP contribution in [0.2, 0.25) is 0 Å². The summed E-state index contributed by atoms with van der Waals surface area (Å²) < 4.78 is 13.2. The van der Waals surface area contributed by atoms with Gasteiger partial charge >= 0.3 is 0 Å². The number of nitrogens with one attached hydrogen (secondary N) is 2. The smallest absolute Gasteiger partial charge is 0.282 e. The number of piperazine rings is 1. The van der Waals surface area contributed by atoms with E-state index in [-0.39, 0.29) is 5.56 Å². The summed E-state index contributed by atoms with van der Waals surface area (Å²) in [6, 6.07) is 2.86.